The molecule has 0 bridgehead atoms. The second-order valence-corrected chi connectivity index (χ2v) is 4.65. The summed E-state index contributed by atoms with van der Waals surface area (Å²) in [6.45, 7) is 1.71. The van der Waals surface area contributed by atoms with Crippen LogP contribution in [0.2, 0.25) is 0 Å². The average Bonchev–Trinajstić information content (AvgIpc) is 2.83. The van der Waals surface area contributed by atoms with Crippen molar-refractivity contribution in [3.05, 3.63) is 42.5 Å². The monoisotopic (exact) mass is 254 g/mol. The van der Waals surface area contributed by atoms with Crippen molar-refractivity contribution in [2.45, 2.75) is 6.42 Å². The Balaban J connectivity index is 1.96. The number of para-hydroxylation sites is 2. The van der Waals surface area contributed by atoms with E-state index in [9.17, 15) is 0 Å². The van der Waals surface area contributed by atoms with Crippen LogP contribution in [-0.4, -0.2) is 25.2 Å². The molecule has 0 spiro atoms. The van der Waals surface area contributed by atoms with Gasteiger partial charge in [0, 0.05) is 16.3 Å². The highest BCUT2D eigenvalue weighted by atomic mass is 16.5. The van der Waals surface area contributed by atoms with Gasteiger partial charge in [-0.25, -0.2) is 0 Å². The van der Waals surface area contributed by atoms with Gasteiger partial charge in [-0.15, -0.1) is 0 Å². The van der Waals surface area contributed by atoms with Crippen LogP contribution in [0.15, 0.2) is 42.5 Å². The molecule has 1 aromatic heterocycles. The molecule has 1 heterocycles. The SMILES string of the molecule is CNCCCOc1cccc2c1[nH]c1ccccc12. The quantitative estimate of drug-likeness (QED) is 0.685. The van der Waals surface area contributed by atoms with Crippen LogP contribution in [0.3, 0.4) is 0 Å². The lowest BCUT2D eigenvalue weighted by Crippen LogP contribution is -2.11. The van der Waals surface area contributed by atoms with Crippen LogP contribution in [0.1, 0.15) is 6.42 Å². The standard InChI is InChI=1S/C16H18N2O/c1-17-10-5-11-19-15-9-4-7-13-12-6-2-3-8-14(12)18-16(13)15/h2-4,6-9,17-18H,5,10-11H2,1H3. The summed E-state index contributed by atoms with van der Waals surface area (Å²) in [5, 5.41) is 5.60. The Hall–Kier alpha value is -2.00. The Morgan fingerprint density at radius 2 is 1.89 bits per heavy atom. The lowest BCUT2D eigenvalue weighted by Gasteiger charge is -2.06. The molecule has 0 saturated carbocycles. The van der Waals surface area contributed by atoms with Crippen molar-refractivity contribution in [2.24, 2.45) is 0 Å². The fourth-order valence-corrected chi connectivity index (χ4v) is 2.40. The molecule has 0 aliphatic carbocycles. The van der Waals surface area contributed by atoms with Crippen LogP contribution in [-0.2, 0) is 0 Å². The molecule has 0 fully saturated rings. The highest BCUT2D eigenvalue weighted by Gasteiger charge is 2.07. The van der Waals surface area contributed by atoms with Crippen molar-refractivity contribution in [3.8, 4) is 5.75 Å². The molecule has 0 unspecified atom stereocenters. The van der Waals surface area contributed by atoms with Gasteiger partial charge < -0.3 is 15.0 Å². The molecule has 3 heteroatoms. The Kier molecular flexibility index (Phi) is 3.38. The van der Waals surface area contributed by atoms with Gasteiger partial charge >= 0.3 is 0 Å². The normalized spacial score (nSPS) is 11.2. The summed E-state index contributed by atoms with van der Waals surface area (Å²) < 4.78 is 5.88. The number of H-pyrrole nitrogens is 1. The lowest BCUT2D eigenvalue weighted by atomic mass is 10.1. The average molecular weight is 254 g/mol. The summed E-state index contributed by atoms with van der Waals surface area (Å²) in [5.41, 5.74) is 2.25. The Bertz CT molecular complexity index is 687. The number of rotatable bonds is 5. The van der Waals surface area contributed by atoms with Crippen LogP contribution < -0.4 is 10.1 Å². The molecular weight excluding hydrogens is 236 g/mol. The topological polar surface area (TPSA) is 37.0 Å². The highest BCUT2D eigenvalue weighted by Crippen LogP contribution is 2.31. The van der Waals surface area contributed by atoms with Crippen molar-refractivity contribution >= 4 is 21.8 Å². The molecule has 3 aromatic rings. The molecule has 2 aromatic carbocycles. The number of aromatic amines is 1. The van der Waals surface area contributed by atoms with Crippen LogP contribution in [0, 0.1) is 0 Å². The minimum Gasteiger partial charge on any atom is -0.491 e. The van der Waals surface area contributed by atoms with Gasteiger partial charge in [0.15, 0.2) is 0 Å². The van der Waals surface area contributed by atoms with E-state index in [1.54, 1.807) is 0 Å². The van der Waals surface area contributed by atoms with Gasteiger partial charge in [-0.1, -0.05) is 30.3 Å². The third-order valence-electron chi connectivity index (χ3n) is 3.33. The van der Waals surface area contributed by atoms with Crippen LogP contribution >= 0.6 is 0 Å². The van der Waals surface area contributed by atoms with Gasteiger partial charge in [0.2, 0.25) is 0 Å². The summed E-state index contributed by atoms with van der Waals surface area (Å²) in [7, 11) is 1.96. The zero-order chi connectivity index (χ0) is 13.1. The molecule has 3 rings (SSSR count). The molecular formula is C16H18N2O. The second-order valence-electron chi connectivity index (χ2n) is 4.65. The fourth-order valence-electron chi connectivity index (χ4n) is 2.40. The smallest absolute Gasteiger partial charge is 0.143 e. The van der Waals surface area contributed by atoms with E-state index in [4.69, 9.17) is 4.74 Å². The first kappa shape index (κ1) is 12.1. The van der Waals surface area contributed by atoms with Crippen LogP contribution in [0.5, 0.6) is 5.75 Å². The van der Waals surface area contributed by atoms with E-state index in [2.05, 4.69) is 40.6 Å². The Morgan fingerprint density at radius 1 is 1.05 bits per heavy atom. The fraction of sp³-hybridized carbons (Fsp3) is 0.250. The maximum atomic E-state index is 5.88. The molecule has 3 nitrogen and oxygen atoms in total. The molecule has 0 radical (unpaired) electrons. The molecule has 0 aliphatic rings. The number of aromatic nitrogens is 1. The van der Waals surface area contributed by atoms with E-state index in [1.807, 2.05) is 19.2 Å². The first-order chi connectivity index (χ1) is 9.40. The molecule has 98 valence electrons. The van der Waals surface area contributed by atoms with E-state index in [0.717, 1.165) is 36.4 Å². The number of hydrogen-bond donors (Lipinski definition) is 2. The van der Waals surface area contributed by atoms with Gasteiger partial charge in [-0.3, -0.25) is 0 Å². The van der Waals surface area contributed by atoms with Gasteiger partial charge in [0.05, 0.1) is 12.1 Å². The summed E-state index contributed by atoms with van der Waals surface area (Å²) in [5.74, 6) is 0.935. The molecule has 2 N–H and O–H groups in total. The lowest BCUT2D eigenvalue weighted by molar-refractivity contribution is 0.313. The molecule has 0 atom stereocenters. The predicted octanol–water partition coefficient (Wildman–Crippen LogP) is 3.31. The number of nitrogens with one attached hydrogen (secondary N) is 2. The van der Waals surface area contributed by atoms with E-state index in [-0.39, 0.29) is 0 Å². The van der Waals surface area contributed by atoms with Gasteiger partial charge in [0.25, 0.3) is 0 Å². The van der Waals surface area contributed by atoms with Crippen LogP contribution in [0.4, 0.5) is 0 Å². The Labute approximate surface area is 112 Å². The number of ether oxygens (including phenoxy) is 1. The third kappa shape index (κ3) is 2.29. The van der Waals surface area contributed by atoms with E-state index < -0.39 is 0 Å². The minimum atomic E-state index is 0.731. The Morgan fingerprint density at radius 3 is 2.79 bits per heavy atom. The maximum Gasteiger partial charge on any atom is 0.143 e. The second kappa shape index (κ2) is 5.33. The maximum absolute atomic E-state index is 5.88. The van der Waals surface area contributed by atoms with Crippen molar-refractivity contribution in [3.63, 3.8) is 0 Å². The zero-order valence-corrected chi connectivity index (χ0v) is 11.1. The predicted molar refractivity (Wildman–Crippen MR) is 79.8 cm³/mol. The summed E-state index contributed by atoms with van der Waals surface area (Å²) in [6.07, 6.45) is 1.01. The first-order valence-electron chi connectivity index (χ1n) is 6.67. The summed E-state index contributed by atoms with van der Waals surface area (Å²) >= 11 is 0. The number of hydrogen-bond acceptors (Lipinski definition) is 2. The van der Waals surface area contributed by atoms with Crippen molar-refractivity contribution in [1.29, 1.82) is 0 Å². The zero-order valence-electron chi connectivity index (χ0n) is 11.1. The van der Waals surface area contributed by atoms with Crippen molar-refractivity contribution in [2.75, 3.05) is 20.2 Å². The molecule has 0 amide bonds. The van der Waals surface area contributed by atoms with Crippen molar-refractivity contribution < 1.29 is 4.74 Å². The third-order valence-corrected chi connectivity index (χ3v) is 3.33. The van der Waals surface area contributed by atoms with E-state index >= 15 is 0 Å². The van der Waals surface area contributed by atoms with E-state index in [0.29, 0.717) is 0 Å². The largest absolute Gasteiger partial charge is 0.491 e. The molecule has 0 aliphatic heterocycles. The van der Waals surface area contributed by atoms with Crippen molar-refractivity contribution in [1.82, 2.24) is 10.3 Å². The van der Waals surface area contributed by atoms with Gasteiger partial charge in [0.1, 0.15) is 5.75 Å². The summed E-state index contributed by atoms with van der Waals surface area (Å²) in [4.78, 5) is 3.45. The molecule has 19 heavy (non-hydrogen) atoms. The number of fused-ring (bicyclic) bond motifs is 3. The van der Waals surface area contributed by atoms with Gasteiger partial charge in [-0.05, 0) is 32.1 Å². The van der Waals surface area contributed by atoms with Crippen LogP contribution in [0.25, 0.3) is 21.8 Å². The van der Waals surface area contributed by atoms with Gasteiger partial charge in [-0.2, -0.15) is 0 Å². The highest BCUT2D eigenvalue weighted by molar-refractivity contribution is 6.09. The molecule has 0 saturated heterocycles. The first-order valence-corrected chi connectivity index (χ1v) is 6.67. The minimum absolute atomic E-state index is 0.731. The summed E-state index contributed by atoms with van der Waals surface area (Å²) in [6, 6.07) is 14.6. The van der Waals surface area contributed by atoms with E-state index in [1.165, 1.54) is 10.8 Å². The number of benzene rings is 2.